The Bertz CT molecular complexity index is 1010. The molecule has 0 aliphatic rings. The van der Waals surface area contributed by atoms with Gasteiger partial charge in [0.2, 0.25) is 0 Å². The van der Waals surface area contributed by atoms with E-state index in [4.69, 9.17) is 4.74 Å². The van der Waals surface area contributed by atoms with Crippen molar-refractivity contribution in [3.8, 4) is 28.3 Å². The maximum atomic E-state index is 14.6. The third kappa shape index (κ3) is 6.59. The zero-order valence-electron chi connectivity index (χ0n) is 17.7. The first-order valence-electron chi connectivity index (χ1n) is 10.4. The second-order valence-corrected chi connectivity index (χ2v) is 7.34. The van der Waals surface area contributed by atoms with Gasteiger partial charge in [0.25, 0.3) is 0 Å². The van der Waals surface area contributed by atoms with Crippen molar-refractivity contribution >= 4 is 6.08 Å². The molecule has 1 aromatic heterocycles. The fourth-order valence-corrected chi connectivity index (χ4v) is 3.09. The second-order valence-electron chi connectivity index (χ2n) is 7.34. The van der Waals surface area contributed by atoms with Gasteiger partial charge < -0.3 is 9.84 Å². The Morgan fingerprint density at radius 3 is 2.48 bits per heavy atom. The van der Waals surface area contributed by atoms with Gasteiger partial charge in [0.05, 0.1) is 6.10 Å². The minimum absolute atomic E-state index is 0.283. The highest BCUT2D eigenvalue weighted by atomic mass is 19.1. The number of nitrogens with zero attached hydrogens (tertiary/aromatic N) is 2. The minimum atomic E-state index is -0.314. The standard InChI is InChI=1S/C26H27FN2O2/c1-3-15-31-23-12-10-21(11-13-23)26-28-17-22(18-29-26)24-14-9-20(16-25(24)27)8-6-4-5-7-19(2)30/h3,6,8-14,16-19,30H,1,4-5,7,15H2,2H3/b8-6+. The highest BCUT2D eigenvalue weighted by Crippen LogP contribution is 2.25. The lowest BCUT2D eigenvalue weighted by molar-refractivity contribution is 0.182. The first-order valence-corrected chi connectivity index (χ1v) is 10.4. The van der Waals surface area contributed by atoms with Crippen LogP contribution in [0.1, 0.15) is 31.7 Å². The van der Waals surface area contributed by atoms with E-state index in [2.05, 4.69) is 16.5 Å². The van der Waals surface area contributed by atoms with Gasteiger partial charge >= 0.3 is 0 Å². The van der Waals surface area contributed by atoms with Gasteiger partial charge in [-0.3, -0.25) is 0 Å². The number of aliphatic hydroxyl groups excluding tert-OH is 1. The summed E-state index contributed by atoms with van der Waals surface area (Å²) in [5.41, 5.74) is 2.74. The Balaban J connectivity index is 1.66. The third-order valence-electron chi connectivity index (χ3n) is 4.74. The number of hydrogen-bond donors (Lipinski definition) is 1. The summed E-state index contributed by atoms with van der Waals surface area (Å²) in [6.45, 7) is 5.86. The summed E-state index contributed by atoms with van der Waals surface area (Å²) in [6, 6.07) is 12.6. The summed E-state index contributed by atoms with van der Waals surface area (Å²) < 4.78 is 20.1. The molecule has 0 aliphatic heterocycles. The summed E-state index contributed by atoms with van der Waals surface area (Å²) in [4.78, 5) is 8.79. The maximum Gasteiger partial charge on any atom is 0.159 e. The summed E-state index contributed by atoms with van der Waals surface area (Å²) in [7, 11) is 0. The number of rotatable bonds is 10. The molecule has 5 heteroatoms. The Morgan fingerprint density at radius 2 is 1.84 bits per heavy atom. The molecule has 0 fully saturated rings. The lowest BCUT2D eigenvalue weighted by Crippen LogP contribution is -1.97. The van der Waals surface area contributed by atoms with Crippen molar-refractivity contribution in [3.05, 3.63) is 85.0 Å². The molecule has 31 heavy (non-hydrogen) atoms. The molecule has 1 atom stereocenters. The van der Waals surface area contributed by atoms with Crippen LogP contribution >= 0.6 is 0 Å². The predicted octanol–water partition coefficient (Wildman–Crippen LogP) is 6.08. The van der Waals surface area contributed by atoms with Crippen LogP contribution < -0.4 is 4.74 Å². The van der Waals surface area contributed by atoms with Gasteiger partial charge in [-0.2, -0.15) is 0 Å². The fraction of sp³-hybridized carbons (Fsp3) is 0.231. The van der Waals surface area contributed by atoms with Crippen molar-refractivity contribution in [3.63, 3.8) is 0 Å². The van der Waals surface area contributed by atoms with E-state index in [0.29, 0.717) is 23.6 Å². The highest BCUT2D eigenvalue weighted by Gasteiger charge is 2.08. The molecule has 3 rings (SSSR count). The molecule has 160 valence electrons. The molecule has 0 bridgehead atoms. The number of aromatic nitrogens is 2. The normalized spacial score (nSPS) is 12.1. The average Bonchev–Trinajstić information content (AvgIpc) is 2.78. The van der Waals surface area contributed by atoms with Crippen LogP contribution in [0.15, 0.2) is 73.6 Å². The van der Waals surface area contributed by atoms with Crippen LogP contribution in [0.5, 0.6) is 5.75 Å². The van der Waals surface area contributed by atoms with Gasteiger partial charge in [-0.25, -0.2) is 14.4 Å². The molecule has 2 aromatic carbocycles. The summed E-state index contributed by atoms with van der Waals surface area (Å²) >= 11 is 0. The van der Waals surface area contributed by atoms with Gasteiger partial charge in [0.15, 0.2) is 5.82 Å². The zero-order chi connectivity index (χ0) is 22.1. The Hall–Kier alpha value is -3.31. The minimum Gasteiger partial charge on any atom is -0.490 e. The largest absolute Gasteiger partial charge is 0.490 e. The van der Waals surface area contributed by atoms with Crippen LogP contribution in [0.25, 0.3) is 28.6 Å². The number of aliphatic hydroxyl groups is 1. The summed E-state index contributed by atoms with van der Waals surface area (Å²) in [5, 5.41) is 9.27. The molecule has 0 radical (unpaired) electrons. The quantitative estimate of drug-likeness (QED) is 0.320. The van der Waals surface area contributed by atoms with Crippen LogP contribution in [0, 0.1) is 5.82 Å². The molecule has 0 spiro atoms. The van der Waals surface area contributed by atoms with Crippen molar-refractivity contribution in [1.29, 1.82) is 0 Å². The van der Waals surface area contributed by atoms with Crippen LogP contribution in [-0.2, 0) is 0 Å². The van der Waals surface area contributed by atoms with E-state index < -0.39 is 0 Å². The van der Waals surface area contributed by atoms with Gasteiger partial charge in [0, 0.05) is 29.1 Å². The van der Waals surface area contributed by atoms with E-state index in [9.17, 15) is 9.50 Å². The molecule has 4 nitrogen and oxygen atoms in total. The van der Waals surface area contributed by atoms with E-state index in [1.54, 1.807) is 31.5 Å². The summed E-state index contributed by atoms with van der Waals surface area (Å²) in [6.07, 6.45) is 11.1. The third-order valence-corrected chi connectivity index (χ3v) is 4.74. The molecule has 1 unspecified atom stereocenters. The highest BCUT2D eigenvalue weighted by molar-refractivity contribution is 5.66. The lowest BCUT2D eigenvalue weighted by atomic mass is 10.0. The number of benzene rings is 2. The van der Waals surface area contributed by atoms with Crippen molar-refractivity contribution in [2.45, 2.75) is 32.3 Å². The summed E-state index contributed by atoms with van der Waals surface area (Å²) in [5.74, 6) is 1.00. The van der Waals surface area contributed by atoms with Crippen LogP contribution in [0.4, 0.5) is 4.39 Å². The second kappa shape index (κ2) is 11.2. The molecule has 0 aliphatic carbocycles. The van der Waals surface area contributed by atoms with E-state index in [1.165, 1.54) is 6.07 Å². The number of unbranched alkanes of at least 4 members (excludes halogenated alkanes) is 1. The monoisotopic (exact) mass is 418 g/mol. The van der Waals surface area contributed by atoms with E-state index in [-0.39, 0.29) is 11.9 Å². The van der Waals surface area contributed by atoms with Crippen LogP contribution in [0.3, 0.4) is 0 Å². The molecule has 0 saturated heterocycles. The molecular weight excluding hydrogens is 391 g/mol. The fourth-order valence-electron chi connectivity index (χ4n) is 3.09. The van der Waals surface area contributed by atoms with Gasteiger partial charge in [-0.15, -0.1) is 0 Å². The van der Waals surface area contributed by atoms with Crippen molar-refractivity contribution in [2.24, 2.45) is 0 Å². The number of halogens is 1. The van der Waals surface area contributed by atoms with Crippen molar-refractivity contribution in [1.82, 2.24) is 9.97 Å². The van der Waals surface area contributed by atoms with Gasteiger partial charge in [-0.05, 0) is 62.1 Å². The Labute approximate surface area is 182 Å². The number of hydrogen-bond acceptors (Lipinski definition) is 4. The first-order chi connectivity index (χ1) is 15.1. The molecular formula is C26H27FN2O2. The topological polar surface area (TPSA) is 55.2 Å². The van der Waals surface area contributed by atoms with E-state index >= 15 is 0 Å². The predicted molar refractivity (Wildman–Crippen MR) is 123 cm³/mol. The molecule has 3 aromatic rings. The van der Waals surface area contributed by atoms with E-state index in [0.717, 1.165) is 36.1 Å². The molecule has 0 amide bonds. The molecule has 1 heterocycles. The lowest BCUT2D eigenvalue weighted by Gasteiger charge is -2.07. The Morgan fingerprint density at radius 1 is 1.10 bits per heavy atom. The molecule has 1 N–H and O–H groups in total. The van der Waals surface area contributed by atoms with Gasteiger partial charge in [-0.1, -0.05) is 36.9 Å². The SMILES string of the molecule is C=CCOc1ccc(-c2ncc(-c3ccc(/C=C/CCCC(C)O)cc3F)cn2)cc1. The maximum absolute atomic E-state index is 14.6. The van der Waals surface area contributed by atoms with Crippen LogP contribution in [-0.4, -0.2) is 27.8 Å². The van der Waals surface area contributed by atoms with Gasteiger partial charge in [0.1, 0.15) is 18.2 Å². The average molecular weight is 419 g/mol. The Kier molecular flexibility index (Phi) is 8.07. The first kappa shape index (κ1) is 22.4. The molecule has 0 saturated carbocycles. The number of allylic oxidation sites excluding steroid dienone is 1. The number of ether oxygens (including phenoxy) is 1. The van der Waals surface area contributed by atoms with E-state index in [1.807, 2.05) is 42.5 Å². The van der Waals surface area contributed by atoms with Crippen molar-refractivity contribution in [2.75, 3.05) is 6.61 Å². The smallest absolute Gasteiger partial charge is 0.159 e. The zero-order valence-corrected chi connectivity index (χ0v) is 17.7. The van der Waals surface area contributed by atoms with Crippen molar-refractivity contribution < 1.29 is 14.2 Å². The van der Waals surface area contributed by atoms with Crippen LogP contribution in [0.2, 0.25) is 0 Å².